The van der Waals surface area contributed by atoms with Gasteiger partial charge in [0, 0.05) is 18.5 Å². The van der Waals surface area contributed by atoms with Crippen LogP contribution in [0.4, 0.5) is 0 Å². The number of rotatable bonds is 1. The molecule has 0 saturated carbocycles. The molecule has 2 aromatic rings. The number of benzene rings is 1. The third-order valence-electron chi connectivity index (χ3n) is 3.46. The largest absolute Gasteiger partial charge is 0.337 e. The molecule has 3 nitrogen and oxygen atoms in total. The Bertz CT molecular complexity index is 573. The topological polar surface area (TPSA) is 33.2 Å². The van der Waals surface area contributed by atoms with Crippen molar-refractivity contribution in [3.05, 3.63) is 42.1 Å². The first-order valence-electron chi connectivity index (χ1n) is 6.50. The Hall–Kier alpha value is -1.90. The normalized spacial score (nSPS) is 15.9. The molecule has 92 valence electrons. The lowest BCUT2D eigenvalue weighted by atomic mass is 10.1. The summed E-state index contributed by atoms with van der Waals surface area (Å²) >= 11 is 0. The molecule has 0 spiro atoms. The average molecular weight is 240 g/mol. The molecule has 3 rings (SSSR count). The van der Waals surface area contributed by atoms with Gasteiger partial charge in [0.2, 0.25) is 0 Å². The molecule has 1 aliphatic heterocycles. The predicted octanol–water partition coefficient (Wildman–Crippen LogP) is 2.86. The first-order valence-corrected chi connectivity index (χ1v) is 6.50. The van der Waals surface area contributed by atoms with E-state index in [0.29, 0.717) is 5.69 Å². The van der Waals surface area contributed by atoms with Crippen molar-refractivity contribution in [1.29, 1.82) is 0 Å². The highest BCUT2D eigenvalue weighted by atomic mass is 16.2. The maximum absolute atomic E-state index is 12.3. The molecular formula is C15H16N2O. The lowest BCUT2D eigenvalue weighted by Gasteiger charge is -2.26. The predicted molar refractivity (Wildman–Crippen MR) is 71.5 cm³/mol. The smallest absolute Gasteiger partial charge is 0.272 e. The molecule has 1 aromatic carbocycles. The standard InChI is InChI=1S/C15H16N2O/c18-15(17-10-4-1-5-11-17)14-9-8-12-6-2-3-7-13(12)16-14/h2-3,6-9H,1,4-5,10-11H2. The number of carbonyl (C=O) groups is 1. The molecule has 0 bridgehead atoms. The van der Waals surface area contributed by atoms with Gasteiger partial charge in [-0.3, -0.25) is 4.79 Å². The van der Waals surface area contributed by atoms with Gasteiger partial charge in [0.1, 0.15) is 5.69 Å². The summed E-state index contributed by atoms with van der Waals surface area (Å²) < 4.78 is 0. The molecule has 18 heavy (non-hydrogen) atoms. The Morgan fingerprint density at radius 3 is 2.61 bits per heavy atom. The maximum Gasteiger partial charge on any atom is 0.272 e. The van der Waals surface area contributed by atoms with E-state index in [9.17, 15) is 4.79 Å². The van der Waals surface area contributed by atoms with Crippen LogP contribution in [0.2, 0.25) is 0 Å². The summed E-state index contributed by atoms with van der Waals surface area (Å²) in [6, 6.07) is 11.7. The average Bonchev–Trinajstić information content (AvgIpc) is 2.47. The molecule has 0 atom stereocenters. The Kier molecular flexibility index (Phi) is 2.97. The van der Waals surface area contributed by atoms with E-state index >= 15 is 0 Å². The summed E-state index contributed by atoms with van der Waals surface area (Å²) in [5.74, 6) is 0.0699. The van der Waals surface area contributed by atoms with Crippen molar-refractivity contribution in [3.63, 3.8) is 0 Å². The number of likely N-dealkylation sites (tertiary alicyclic amines) is 1. The number of piperidine rings is 1. The van der Waals surface area contributed by atoms with Crippen LogP contribution >= 0.6 is 0 Å². The first kappa shape index (κ1) is 11.2. The van der Waals surface area contributed by atoms with Gasteiger partial charge in [-0.1, -0.05) is 24.3 Å². The van der Waals surface area contributed by atoms with Gasteiger partial charge in [0.15, 0.2) is 0 Å². The zero-order valence-corrected chi connectivity index (χ0v) is 10.3. The molecule has 1 amide bonds. The second kappa shape index (κ2) is 4.77. The Morgan fingerprint density at radius 2 is 1.78 bits per heavy atom. The highest BCUT2D eigenvalue weighted by Crippen LogP contribution is 2.15. The number of nitrogens with zero attached hydrogens (tertiary/aromatic N) is 2. The molecule has 1 saturated heterocycles. The van der Waals surface area contributed by atoms with Crippen LogP contribution in [0, 0.1) is 0 Å². The van der Waals surface area contributed by atoms with Gasteiger partial charge in [0.05, 0.1) is 5.52 Å². The van der Waals surface area contributed by atoms with E-state index in [4.69, 9.17) is 0 Å². The highest BCUT2D eigenvalue weighted by Gasteiger charge is 2.19. The van der Waals surface area contributed by atoms with Crippen LogP contribution < -0.4 is 0 Å². The summed E-state index contributed by atoms with van der Waals surface area (Å²) in [6.45, 7) is 1.74. The fourth-order valence-corrected chi connectivity index (χ4v) is 2.44. The summed E-state index contributed by atoms with van der Waals surface area (Å²) in [5, 5.41) is 1.08. The summed E-state index contributed by atoms with van der Waals surface area (Å²) in [7, 11) is 0. The van der Waals surface area contributed by atoms with Gasteiger partial charge in [-0.2, -0.15) is 0 Å². The molecule has 0 radical (unpaired) electrons. The number of aromatic nitrogens is 1. The monoisotopic (exact) mass is 240 g/mol. The van der Waals surface area contributed by atoms with Crippen molar-refractivity contribution in [2.45, 2.75) is 19.3 Å². The van der Waals surface area contributed by atoms with E-state index in [1.165, 1.54) is 6.42 Å². The Morgan fingerprint density at radius 1 is 1.00 bits per heavy atom. The number of pyridine rings is 1. The molecule has 3 heteroatoms. The van der Waals surface area contributed by atoms with E-state index in [0.717, 1.165) is 36.8 Å². The molecule has 1 aliphatic rings. The third kappa shape index (κ3) is 2.08. The van der Waals surface area contributed by atoms with Crippen molar-refractivity contribution in [2.75, 3.05) is 13.1 Å². The van der Waals surface area contributed by atoms with E-state index in [1.54, 1.807) is 0 Å². The van der Waals surface area contributed by atoms with Gasteiger partial charge in [-0.15, -0.1) is 0 Å². The molecule has 1 aromatic heterocycles. The number of fused-ring (bicyclic) bond motifs is 1. The van der Waals surface area contributed by atoms with Crippen LogP contribution in [0.25, 0.3) is 10.9 Å². The number of carbonyl (C=O) groups excluding carboxylic acids is 1. The zero-order chi connectivity index (χ0) is 12.4. The van der Waals surface area contributed by atoms with Gasteiger partial charge in [0.25, 0.3) is 5.91 Å². The Labute approximate surface area is 106 Å². The second-order valence-electron chi connectivity index (χ2n) is 4.74. The fourth-order valence-electron chi connectivity index (χ4n) is 2.44. The highest BCUT2D eigenvalue weighted by molar-refractivity contribution is 5.94. The van der Waals surface area contributed by atoms with Crippen molar-refractivity contribution >= 4 is 16.8 Å². The molecule has 0 N–H and O–H groups in total. The lowest BCUT2D eigenvalue weighted by molar-refractivity contribution is 0.0719. The second-order valence-corrected chi connectivity index (χ2v) is 4.74. The number of para-hydroxylation sites is 1. The minimum atomic E-state index is 0.0699. The van der Waals surface area contributed by atoms with Crippen molar-refractivity contribution in [1.82, 2.24) is 9.88 Å². The van der Waals surface area contributed by atoms with E-state index in [-0.39, 0.29) is 5.91 Å². The zero-order valence-electron chi connectivity index (χ0n) is 10.3. The molecule has 0 unspecified atom stereocenters. The summed E-state index contributed by atoms with van der Waals surface area (Å²) in [5.41, 5.74) is 1.45. The van der Waals surface area contributed by atoms with Crippen LogP contribution in [0.3, 0.4) is 0 Å². The van der Waals surface area contributed by atoms with Crippen LogP contribution in [0.1, 0.15) is 29.8 Å². The number of amides is 1. The van der Waals surface area contributed by atoms with Crippen LogP contribution in [0.5, 0.6) is 0 Å². The minimum Gasteiger partial charge on any atom is -0.337 e. The van der Waals surface area contributed by atoms with Crippen LogP contribution in [-0.2, 0) is 0 Å². The molecule has 1 fully saturated rings. The van der Waals surface area contributed by atoms with Crippen molar-refractivity contribution < 1.29 is 4.79 Å². The Balaban J connectivity index is 1.91. The summed E-state index contributed by atoms with van der Waals surface area (Å²) in [4.78, 5) is 18.7. The van der Waals surface area contributed by atoms with E-state index < -0.39 is 0 Å². The van der Waals surface area contributed by atoms with Crippen molar-refractivity contribution in [2.24, 2.45) is 0 Å². The number of hydrogen-bond donors (Lipinski definition) is 0. The van der Waals surface area contributed by atoms with Gasteiger partial charge in [-0.25, -0.2) is 4.98 Å². The fraction of sp³-hybridized carbons (Fsp3) is 0.333. The number of hydrogen-bond acceptors (Lipinski definition) is 2. The van der Waals surface area contributed by atoms with Crippen molar-refractivity contribution in [3.8, 4) is 0 Å². The van der Waals surface area contributed by atoms with Gasteiger partial charge < -0.3 is 4.90 Å². The van der Waals surface area contributed by atoms with Gasteiger partial charge >= 0.3 is 0 Å². The van der Waals surface area contributed by atoms with Crippen LogP contribution in [-0.4, -0.2) is 28.9 Å². The van der Waals surface area contributed by atoms with E-state index in [1.807, 2.05) is 41.3 Å². The first-order chi connectivity index (χ1) is 8.84. The maximum atomic E-state index is 12.3. The SMILES string of the molecule is O=C(c1ccc2ccccc2n1)N1CCCCC1. The quantitative estimate of drug-likeness (QED) is 0.768. The third-order valence-corrected chi connectivity index (χ3v) is 3.46. The lowest BCUT2D eigenvalue weighted by Crippen LogP contribution is -2.36. The summed E-state index contributed by atoms with van der Waals surface area (Å²) in [6.07, 6.45) is 3.45. The molecule has 0 aliphatic carbocycles. The minimum absolute atomic E-state index is 0.0699. The van der Waals surface area contributed by atoms with Crippen LogP contribution in [0.15, 0.2) is 36.4 Å². The molecular weight excluding hydrogens is 224 g/mol. The van der Waals surface area contributed by atoms with Gasteiger partial charge in [-0.05, 0) is 31.4 Å². The molecule has 2 heterocycles. The van der Waals surface area contributed by atoms with E-state index in [2.05, 4.69) is 4.98 Å².